The van der Waals surface area contributed by atoms with Crippen molar-refractivity contribution in [3.05, 3.63) is 53.5 Å². The lowest BCUT2D eigenvalue weighted by Gasteiger charge is -2.17. The topological polar surface area (TPSA) is 51.5 Å². The largest absolute Gasteiger partial charge is 0.489 e. The summed E-state index contributed by atoms with van der Waals surface area (Å²) in [5.74, 6) is 1.42. The van der Waals surface area contributed by atoms with Crippen LogP contribution in [0, 0.1) is 0 Å². The summed E-state index contributed by atoms with van der Waals surface area (Å²) in [6.45, 7) is 6.19. The van der Waals surface area contributed by atoms with Crippen LogP contribution in [-0.4, -0.2) is 18.6 Å². The summed E-state index contributed by atoms with van der Waals surface area (Å²) in [5.41, 5.74) is 1.15. The van der Waals surface area contributed by atoms with Crippen LogP contribution in [0.2, 0.25) is 0 Å². The van der Waals surface area contributed by atoms with Gasteiger partial charge in [-0.15, -0.1) is 11.6 Å². The molecule has 1 heterocycles. The Balaban J connectivity index is 1.88. The first-order chi connectivity index (χ1) is 11.0. The van der Waals surface area contributed by atoms with Gasteiger partial charge in [0.2, 0.25) is 0 Å². The summed E-state index contributed by atoms with van der Waals surface area (Å²) in [6.07, 6.45) is 0.758. The molecular weight excluding hydrogens is 314 g/mol. The number of hydrogen-bond donors (Lipinski definition) is 1. The third-order valence-corrected chi connectivity index (χ3v) is 3.69. The molecule has 2 rings (SSSR count). The number of rotatable bonds is 7. The van der Waals surface area contributed by atoms with Gasteiger partial charge in [0, 0.05) is 0 Å². The number of carbonyl (C=O) groups excluding carboxylic acids is 1. The Kier molecular flexibility index (Phi) is 6.11. The molecule has 0 saturated carbocycles. The predicted octanol–water partition coefficient (Wildman–Crippen LogP) is 4.34. The number of amides is 1. The third-order valence-electron chi connectivity index (χ3n) is 3.47. The molecule has 124 valence electrons. The first kappa shape index (κ1) is 17.4. The maximum Gasteiger partial charge on any atom is 0.287 e. The van der Waals surface area contributed by atoms with E-state index in [0.717, 1.165) is 17.7 Å². The Hall–Kier alpha value is -1.94. The Morgan fingerprint density at radius 3 is 2.65 bits per heavy atom. The molecule has 1 amide bonds. The van der Waals surface area contributed by atoms with Gasteiger partial charge >= 0.3 is 0 Å². The molecule has 0 aliphatic heterocycles. The molecule has 0 aliphatic carbocycles. The number of nitrogens with one attached hydrogen (secondary N) is 1. The standard InChI is InChI=1S/C18H22ClNO3/c1-4-14-7-5-6-8-16(14)22-12(2)11-20-18(21)17-10-9-15(23-17)13(3)19/h5-10,12-13H,4,11H2,1-3H3,(H,20,21). The van der Waals surface area contributed by atoms with Gasteiger partial charge in [0.05, 0.1) is 11.9 Å². The molecular formula is C18H22ClNO3. The highest BCUT2D eigenvalue weighted by atomic mass is 35.5. The number of carbonyl (C=O) groups is 1. The van der Waals surface area contributed by atoms with Gasteiger partial charge in [-0.3, -0.25) is 4.79 Å². The minimum absolute atomic E-state index is 0.145. The van der Waals surface area contributed by atoms with Gasteiger partial charge in [0.25, 0.3) is 5.91 Å². The first-order valence-electron chi connectivity index (χ1n) is 7.77. The zero-order valence-corrected chi connectivity index (χ0v) is 14.4. The van der Waals surface area contributed by atoms with Crippen LogP contribution in [0.3, 0.4) is 0 Å². The van der Waals surface area contributed by atoms with Crippen LogP contribution in [0.15, 0.2) is 40.8 Å². The van der Waals surface area contributed by atoms with E-state index in [9.17, 15) is 4.79 Å². The van der Waals surface area contributed by atoms with E-state index in [-0.39, 0.29) is 23.1 Å². The van der Waals surface area contributed by atoms with E-state index in [0.29, 0.717) is 12.3 Å². The van der Waals surface area contributed by atoms with Gasteiger partial charge in [0.1, 0.15) is 17.6 Å². The fourth-order valence-corrected chi connectivity index (χ4v) is 2.30. The van der Waals surface area contributed by atoms with E-state index in [2.05, 4.69) is 12.2 Å². The Morgan fingerprint density at radius 2 is 2.00 bits per heavy atom. The number of hydrogen-bond acceptors (Lipinski definition) is 3. The molecule has 1 N–H and O–H groups in total. The summed E-state index contributed by atoms with van der Waals surface area (Å²) in [7, 11) is 0. The van der Waals surface area contributed by atoms with Crippen molar-refractivity contribution >= 4 is 17.5 Å². The minimum Gasteiger partial charge on any atom is -0.489 e. The van der Waals surface area contributed by atoms with E-state index in [1.54, 1.807) is 19.1 Å². The number of para-hydroxylation sites is 1. The van der Waals surface area contributed by atoms with Crippen molar-refractivity contribution in [3.8, 4) is 5.75 Å². The van der Waals surface area contributed by atoms with Crippen molar-refractivity contribution in [1.82, 2.24) is 5.32 Å². The lowest BCUT2D eigenvalue weighted by molar-refractivity contribution is 0.0902. The van der Waals surface area contributed by atoms with Gasteiger partial charge in [-0.05, 0) is 44.0 Å². The van der Waals surface area contributed by atoms with Crippen LogP contribution < -0.4 is 10.1 Å². The molecule has 5 heteroatoms. The van der Waals surface area contributed by atoms with E-state index >= 15 is 0 Å². The van der Waals surface area contributed by atoms with E-state index in [1.807, 2.05) is 31.2 Å². The van der Waals surface area contributed by atoms with E-state index in [4.69, 9.17) is 20.8 Å². The molecule has 2 unspecified atom stereocenters. The van der Waals surface area contributed by atoms with Gasteiger partial charge in [0.15, 0.2) is 5.76 Å². The molecule has 0 aliphatic rings. The van der Waals surface area contributed by atoms with Crippen LogP contribution in [0.4, 0.5) is 0 Å². The normalized spacial score (nSPS) is 13.4. The first-order valence-corrected chi connectivity index (χ1v) is 8.21. The van der Waals surface area contributed by atoms with Crippen LogP contribution in [-0.2, 0) is 6.42 Å². The van der Waals surface area contributed by atoms with E-state index < -0.39 is 0 Å². The number of alkyl halides is 1. The van der Waals surface area contributed by atoms with Gasteiger partial charge < -0.3 is 14.5 Å². The molecule has 0 fully saturated rings. The molecule has 0 radical (unpaired) electrons. The Labute approximate surface area is 141 Å². The SMILES string of the molecule is CCc1ccccc1OC(C)CNC(=O)c1ccc(C(C)Cl)o1. The molecule has 2 atom stereocenters. The van der Waals surface area contributed by atoms with Crippen LogP contribution >= 0.6 is 11.6 Å². The second-order valence-corrected chi connectivity index (χ2v) is 6.07. The van der Waals surface area contributed by atoms with Crippen molar-refractivity contribution in [2.45, 2.75) is 38.7 Å². The molecule has 1 aromatic heterocycles. The summed E-state index contributed by atoms with van der Waals surface area (Å²) >= 11 is 5.92. The predicted molar refractivity (Wildman–Crippen MR) is 91.2 cm³/mol. The number of furan rings is 1. The second-order valence-electron chi connectivity index (χ2n) is 5.42. The molecule has 23 heavy (non-hydrogen) atoms. The van der Waals surface area contributed by atoms with Gasteiger partial charge in [-0.2, -0.15) is 0 Å². The number of benzene rings is 1. The molecule has 0 saturated heterocycles. The van der Waals surface area contributed by atoms with Crippen molar-refractivity contribution in [1.29, 1.82) is 0 Å². The van der Waals surface area contributed by atoms with Crippen molar-refractivity contribution < 1.29 is 13.9 Å². The molecule has 1 aromatic carbocycles. The molecule has 0 spiro atoms. The summed E-state index contributed by atoms with van der Waals surface area (Å²) in [5, 5.41) is 2.55. The summed E-state index contributed by atoms with van der Waals surface area (Å²) in [4.78, 5) is 12.1. The lowest BCUT2D eigenvalue weighted by Crippen LogP contribution is -2.33. The number of halogens is 1. The average molecular weight is 336 g/mol. The smallest absolute Gasteiger partial charge is 0.287 e. The highest BCUT2D eigenvalue weighted by Gasteiger charge is 2.15. The second kappa shape index (κ2) is 8.06. The number of aryl methyl sites for hydroxylation is 1. The Bertz CT molecular complexity index is 651. The van der Waals surface area contributed by atoms with Crippen molar-refractivity contribution in [2.75, 3.05) is 6.54 Å². The van der Waals surface area contributed by atoms with Crippen LogP contribution in [0.5, 0.6) is 5.75 Å². The number of ether oxygens (including phenoxy) is 1. The molecule has 0 bridgehead atoms. The van der Waals surface area contributed by atoms with Crippen LogP contribution in [0.1, 0.15) is 48.0 Å². The Morgan fingerprint density at radius 1 is 1.26 bits per heavy atom. The summed E-state index contributed by atoms with van der Waals surface area (Å²) < 4.78 is 11.3. The van der Waals surface area contributed by atoms with Crippen molar-refractivity contribution in [3.63, 3.8) is 0 Å². The zero-order chi connectivity index (χ0) is 16.8. The summed E-state index contributed by atoms with van der Waals surface area (Å²) in [6, 6.07) is 11.3. The monoisotopic (exact) mass is 335 g/mol. The van der Waals surface area contributed by atoms with Gasteiger partial charge in [-0.1, -0.05) is 25.1 Å². The quantitative estimate of drug-likeness (QED) is 0.766. The highest BCUT2D eigenvalue weighted by molar-refractivity contribution is 6.20. The van der Waals surface area contributed by atoms with Crippen molar-refractivity contribution in [2.24, 2.45) is 0 Å². The maximum absolute atomic E-state index is 12.1. The van der Waals surface area contributed by atoms with E-state index in [1.165, 1.54) is 0 Å². The fraction of sp³-hybridized carbons (Fsp3) is 0.389. The third kappa shape index (κ3) is 4.76. The molecule has 4 nitrogen and oxygen atoms in total. The highest BCUT2D eigenvalue weighted by Crippen LogP contribution is 2.22. The molecule has 2 aromatic rings. The fourth-order valence-electron chi connectivity index (χ4n) is 2.18. The van der Waals surface area contributed by atoms with Crippen LogP contribution in [0.25, 0.3) is 0 Å². The van der Waals surface area contributed by atoms with Gasteiger partial charge in [-0.25, -0.2) is 0 Å². The zero-order valence-electron chi connectivity index (χ0n) is 13.6. The average Bonchev–Trinajstić information content (AvgIpc) is 3.03. The minimum atomic E-state index is -0.271. The lowest BCUT2D eigenvalue weighted by atomic mass is 10.1. The maximum atomic E-state index is 12.1.